The van der Waals surface area contributed by atoms with Crippen LogP contribution in [0.15, 0.2) is 48.5 Å². The lowest BCUT2D eigenvalue weighted by Crippen LogP contribution is -2.45. The maximum absolute atomic E-state index is 12.8. The Kier molecular flexibility index (Phi) is 6.80. The summed E-state index contributed by atoms with van der Waals surface area (Å²) in [6, 6.07) is 15.4. The summed E-state index contributed by atoms with van der Waals surface area (Å²) in [6.45, 7) is 5.87. The lowest BCUT2D eigenvalue weighted by molar-refractivity contribution is -0.133. The molecule has 0 aromatic heterocycles. The number of hydrogen-bond acceptors (Lipinski definition) is 5. The van der Waals surface area contributed by atoms with Crippen molar-refractivity contribution in [1.82, 2.24) is 14.7 Å². The summed E-state index contributed by atoms with van der Waals surface area (Å²) in [4.78, 5) is 31.2. The second-order valence-electron chi connectivity index (χ2n) is 9.17. The molecule has 0 unspecified atom stereocenters. The van der Waals surface area contributed by atoms with Crippen molar-refractivity contribution in [3.05, 3.63) is 70.8 Å². The maximum atomic E-state index is 12.8. The molecule has 8 nitrogen and oxygen atoms in total. The van der Waals surface area contributed by atoms with Crippen LogP contribution in [0.1, 0.15) is 28.7 Å². The summed E-state index contributed by atoms with van der Waals surface area (Å²) in [5, 5.41) is 12.1. The van der Waals surface area contributed by atoms with Gasteiger partial charge in [-0.1, -0.05) is 24.3 Å². The maximum Gasteiger partial charge on any atom is 0.322 e. The number of anilines is 1. The van der Waals surface area contributed by atoms with E-state index in [9.17, 15) is 9.59 Å². The summed E-state index contributed by atoms with van der Waals surface area (Å²) in [6.07, 6.45) is 2.95. The van der Waals surface area contributed by atoms with Crippen molar-refractivity contribution in [1.29, 1.82) is 5.26 Å². The molecule has 1 fully saturated rings. The van der Waals surface area contributed by atoms with Crippen LogP contribution in [0.4, 0.5) is 10.5 Å². The van der Waals surface area contributed by atoms with E-state index in [1.54, 1.807) is 11.0 Å². The molecule has 0 saturated carbocycles. The number of fused-ring (bicyclic) bond motifs is 1. The van der Waals surface area contributed by atoms with E-state index >= 15 is 0 Å². The van der Waals surface area contributed by atoms with Gasteiger partial charge in [-0.15, -0.1) is 0 Å². The molecule has 8 heteroatoms. The number of nitrogens with one attached hydrogen (secondary N) is 1. The molecule has 3 amide bonds. The Morgan fingerprint density at radius 1 is 0.971 bits per heavy atom. The summed E-state index contributed by atoms with van der Waals surface area (Å²) in [5.74, 6) is 0.174. The summed E-state index contributed by atoms with van der Waals surface area (Å²) in [5.41, 5.74) is 5.80. The van der Waals surface area contributed by atoms with Gasteiger partial charge >= 0.3 is 6.03 Å². The number of hydrogen-bond donors (Lipinski definition) is 1. The van der Waals surface area contributed by atoms with E-state index < -0.39 is 0 Å². The van der Waals surface area contributed by atoms with Gasteiger partial charge < -0.3 is 19.9 Å². The standard InChI is InChI=1S/C27H29N5O3/c28-16-20-1-2-23-17-32(18-24(23)15-20)27(34)29-25-5-3-21(4-6-25)22-7-9-31(10-8-22)26(33)19-30-11-13-35-14-12-30/h1-7,15H,8-14,17-19H2,(H,29,34). The van der Waals surface area contributed by atoms with Gasteiger partial charge in [-0.05, 0) is 52.9 Å². The Morgan fingerprint density at radius 2 is 1.74 bits per heavy atom. The van der Waals surface area contributed by atoms with Crippen molar-refractivity contribution < 1.29 is 14.3 Å². The highest BCUT2D eigenvalue weighted by atomic mass is 16.5. The van der Waals surface area contributed by atoms with Gasteiger partial charge in [0.1, 0.15) is 0 Å². The van der Waals surface area contributed by atoms with Gasteiger partial charge in [0.15, 0.2) is 0 Å². The fourth-order valence-electron chi connectivity index (χ4n) is 4.79. The first kappa shape index (κ1) is 23.1. The Hall–Kier alpha value is -3.67. The predicted molar refractivity (Wildman–Crippen MR) is 132 cm³/mol. The minimum absolute atomic E-state index is 0.154. The molecule has 5 rings (SSSR count). The largest absolute Gasteiger partial charge is 0.379 e. The summed E-state index contributed by atoms with van der Waals surface area (Å²) < 4.78 is 5.36. The first-order chi connectivity index (χ1) is 17.1. The molecule has 2 aromatic rings. The highest BCUT2D eigenvalue weighted by Gasteiger charge is 2.24. The second kappa shape index (κ2) is 10.3. The van der Waals surface area contributed by atoms with Gasteiger partial charge in [0, 0.05) is 45.0 Å². The number of amides is 3. The summed E-state index contributed by atoms with van der Waals surface area (Å²) in [7, 11) is 0. The fourth-order valence-corrected chi connectivity index (χ4v) is 4.79. The van der Waals surface area contributed by atoms with E-state index in [4.69, 9.17) is 10.00 Å². The Bertz CT molecular complexity index is 1180. The molecule has 0 aliphatic carbocycles. The van der Waals surface area contributed by atoms with Crippen LogP contribution in [-0.2, 0) is 22.6 Å². The molecule has 3 aliphatic rings. The van der Waals surface area contributed by atoms with E-state index in [1.165, 1.54) is 5.57 Å². The number of carbonyl (C=O) groups excluding carboxylic acids is 2. The van der Waals surface area contributed by atoms with Crippen LogP contribution in [-0.4, -0.2) is 72.6 Å². The van der Waals surface area contributed by atoms with Gasteiger partial charge in [0.05, 0.1) is 31.4 Å². The van der Waals surface area contributed by atoms with Gasteiger partial charge in [-0.2, -0.15) is 5.26 Å². The van der Waals surface area contributed by atoms with Crippen molar-refractivity contribution in [2.24, 2.45) is 0 Å². The second-order valence-corrected chi connectivity index (χ2v) is 9.17. The van der Waals surface area contributed by atoms with Crippen LogP contribution in [0.2, 0.25) is 0 Å². The van der Waals surface area contributed by atoms with Gasteiger partial charge in [0.2, 0.25) is 5.91 Å². The van der Waals surface area contributed by atoms with Crippen molar-refractivity contribution >= 4 is 23.2 Å². The molecule has 3 heterocycles. The number of urea groups is 1. The number of nitrogens with zero attached hydrogens (tertiary/aromatic N) is 4. The normalized spacial score (nSPS) is 18.0. The first-order valence-electron chi connectivity index (χ1n) is 12.0. The molecule has 2 aromatic carbocycles. The van der Waals surface area contributed by atoms with E-state index in [1.807, 2.05) is 41.3 Å². The molecular weight excluding hydrogens is 442 g/mol. The molecule has 0 spiro atoms. The number of carbonyl (C=O) groups is 2. The van der Waals surface area contributed by atoms with E-state index in [0.29, 0.717) is 45.0 Å². The average molecular weight is 472 g/mol. The Morgan fingerprint density at radius 3 is 2.46 bits per heavy atom. The van der Waals surface area contributed by atoms with E-state index in [0.717, 1.165) is 48.4 Å². The van der Waals surface area contributed by atoms with Crippen LogP contribution in [0, 0.1) is 11.3 Å². The van der Waals surface area contributed by atoms with E-state index in [2.05, 4.69) is 22.4 Å². The molecule has 180 valence electrons. The zero-order valence-electron chi connectivity index (χ0n) is 19.7. The fraction of sp³-hybridized carbons (Fsp3) is 0.370. The average Bonchev–Trinajstić information content (AvgIpc) is 3.33. The van der Waals surface area contributed by atoms with Crippen LogP contribution < -0.4 is 5.32 Å². The van der Waals surface area contributed by atoms with Gasteiger partial charge in [-0.3, -0.25) is 9.69 Å². The Labute approximate surface area is 205 Å². The Balaban J connectivity index is 1.13. The van der Waals surface area contributed by atoms with Crippen LogP contribution in [0.3, 0.4) is 0 Å². The molecule has 3 aliphatic heterocycles. The van der Waals surface area contributed by atoms with Crippen molar-refractivity contribution in [2.45, 2.75) is 19.5 Å². The predicted octanol–water partition coefficient (Wildman–Crippen LogP) is 3.05. The highest BCUT2D eigenvalue weighted by Crippen LogP contribution is 2.26. The number of ether oxygens (including phenoxy) is 1. The molecule has 0 bridgehead atoms. The third-order valence-corrected chi connectivity index (χ3v) is 6.88. The third-order valence-electron chi connectivity index (χ3n) is 6.88. The van der Waals surface area contributed by atoms with Gasteiger partial charge in [-0.25, -0.2) is 4.79 Å². The van der Waals surface area contributed by atoms with Crippen molar-refractivity contribution in [2.75, 3.05) is 51.3 Å². The summed E-state index contributed by atoms with van der Waals surface area (Å²) >= 11 is 0. The molecular formula is C27H29N5O3. The number of benzene rings is 2. The smallest absolute Gasteiger partial charge is 0.322 e. The van der Waals surface area contributed by atoms with Gasteiger partial charge in [0.25, 0.3) is 0 Å². The zero-order chi connectivity index (χ0) is 24.2. The zero-order valence-corrected chi connectivity index (χ0v) is 19.7. The number of nitriles is 1. The topological polar surface area (TPSA) is 88.9 Å². The van der Waals surface area contributed by atoms with Crippen LogP contribution >= 0.6 is 0 Å². The minimum Gasteiger partial charge on any atom is -0.379 e. The van der Waals surface area contributed by atoms with Crippen molar-refractivity contribution in [3.63, 3.8) is 0 Å². The van der Waals surface area contributed by atoms with Crippen molar-refractivity contribution in [3.8, 4) is 6.07 Å². The third kappa shape index (κ3) is 5.37. The van der Waals surface area contributed by atoms with E-state index in [-0.39, 0.29) is 11.9 Å². The lowest BCUT2D eigenvalue weighted by atomic mass is 9.99. The highest BCUT2D eigenvalue weighted by molar-refractivity contribution is 5.90. The minimum atomic E-state index is -0.154. The molecule has 35 heavy (non-hydrogen) atoms. The molecule has 1 N–H and O–H groups in total. The molecule has 0 radical (unpaired) electrons. The lowest BCUT2D eigenvalue weighted by Gasteiger charge is -2.31. The first-order valence-corrected chi connectivity index (χ1v) is 12.0. The molecule has 1 saturated heterocycles. The quantitative estimate of drug-likeness (QED) is 0.741. The number of rotatable bonds is 4. The van der Waals surface area contributed by atoms with Crippen LogP contribution in [0.5, 0.6) is 0 Å². The SMILES string of the molecule is N#Cc1ccc2c(c1)CN(C(=O)Nc1ccc(C3=CCN(C(=O)CN4CCOCC4)CC3)cc1)C2. The molecule has 0 atom stereocenters. The van der Waals surface area contributed by atoms with Crippen LogP contribution in [0.25, 0.3) is 5.57 Å². The monoisotopic (exact) mass is 471 g/mol. The number of morpholine rings is 1.